The summed E-state index contributed by atoms with van der Waals surface area (Å²) in [5.74, 6) is 0.909. The Bertz CT molecular complexity index is 507. The van der Waals surface area contributed by atoms with Crippen molar-refractivity contribution in [3.8, 4) is 0 Å². The fourth-order valence-corrected chi connectivity index (χ4v) is 2.24. The first-order valence-corrected chi connectivity index (χ1v) is 5.70. The number of Topliss-reactive ketones (excluding diaryl/α,β-unsaturated/α-hetero) is 1. The molecule has 2 aromatic rings. The number of aromatic nitrogens is 2. The summed E-state index contributed by atoms with van der Waals surface area (Å²) in [5.41, 5.74) is 0.774. The van der Waals surface area contributed by atoms with Gasteiger partial charge in [-0.15, -0.1) is 0 Å². The van der Waals surface area contributed by atoms with E-state index in [-0.39, 0.29) is 5.78 Å². The van der Waals surface area contributed by atoms with Crippen molar-refractivity contribution in [2.75, 3.05) is 5.32 Å². The van der Waals surface area contributed by atoms with E-state index in [2.05, 4.69) is 15.3 Å². The molecule has 0 atom stereocenters. The van der Waals surface area contributed by atoms with Crippen LogP contribution in [0.4, 0.5) is 10.9 Å². The minimum atomic E-state index is 0.0556. The molecule has 0 aliphatic heterocycles. The molecule has 2 aromatic heterocycles. The first-order valence-electron chi connectivity index (χ1n) is 4.89. The normalized spacial score (nSPS) is 10.1. The van der Waals surface area contributed by atoms with Crippen molar-refractivity contribution >= 4 is 28.1 Å². The second-order valence-corrected chi connectivity index (χ2v) is 4.39. The molecule has 0 aliphatic carbocycles. The second-order valence-electron chi connectivity index (χ2n) is 3.39. The smallest absolute Gasteiger partial charge is 0.279 e. The number of pyridine rings is 1. The van der Waals surface area contributed by atoms with Gasteiger partial charge in [-0.1, -0.05) is 17.4 Å². The summed E-state index contributed by atoms with van der Waals surface area (Å²) in [5, 5.41) is 3.85. The van der Waals surface area contributed by atoms with Gasteiger partial charge in [-0.05, 0) is 13.0 Å². The van der Waals surface area contributed by atoms with E-state index in [1.54, 1.807) is 6.92 Å². The van der Waals surface area contributed by atoms with Crippen LogP contribution in [0, 0.1) is 6.92 Å². The Morgan fingerprint density at radius 1 is 1.50 bits per heavy atom. The van der Waals surface area contributed by atoms with E-state index in [9.17, 15) is 4.79 Å². The van der Waals surface area contributed by atoms with E-state index < -0.39 is 0 Å². The molecule has 5 heteroatoms. The number of ketones is 1. The van der Waals surface area contributed by atoms with Gasteiger partial charge in [0.2, 0.25) is 0 Å². The maximum atomic E-state index is 11.3. The molecule has 0 fully saturated rings. The van der Waals surface area contributed by atoms with Gasteiger partial charge >= 0.3 is 0 Å². The Balaban J connectivity index is 2.23. The summed E-state index contributed by atoms with van der Waals surface area (Å²) < 4.78 is 0. The first-order chi connectivity index (χ1) is 7.66. The fraction of sp³-hybridized carbons (Fsp3) is 0.182. The van der Waals surface area contributed by atoms with Crippen LogP contribution >= 0.6 is 11.3 Å². The SMILES string of the molecule is CC(=O)c1sc(Nc2cccc[nH+]2)nc1C. The van der Waals surface area contributed by atoms with Gasteiger partial charge in [-0.3, -0.25) is 4.79 Å². The zero-order valence-electron chi connectivity index (χ0n) is 9.07. The molecular weight excluding hydrogens is 222 g/mol. The standard InChI is InChI=1S/C11H11N3OS/c1-7-10(8(2)15)16-11(13-7)14-9-5-3-4-6-12-9/h3-6H,1-2H3,(H,12,13,14)/p+1. The second kappa shape index (κ2) is 4.40. The predicted octanol–water partition coefficient (Wildman–Crippen LogP) is 2.21. The van der Waals surface area contributed by atoms with Gasteiger partial charge in [-0.25, -0.2) is 15.3 Å². The Morgan fingerprint density at radius 2 is 2.31 bits per heavy atom. The number of nitrogens with zero attached hydrogens (tertiary/aromatic N) is 1. The molecule has 2 N–H and O–H groups in total. The highest BCUT2D eigenvalue weighted by atomic mass is 32.1. The molecule has 0 bridgehead atoms. The summed E-state index contributed by atoms with van der Waals surface area (Å²) in [6, 6.07) is 5.73. The molecule has 0 spiro atoms. The molecule has 16 heavy (non-hydrogen) atoms. The van der Waals surface area contributed by atoms with E-state index in [4.69, 9.17) is 0 Å². The number of rotatable bonds is 3. The highest BCUT2D eigenvalue weighted by molar-refractivity contribution is 7.17. The topological polar surface area (TPSA) is 56.1 Å². The monoisotopic (exact) mass is 234 g/mol. The van der Waals surface area contributed by atoms with Crippen LogP contribution < -0.4 is 10.3 Å². The van der Waals surface area contributed by atoms with Crippen molar-refractivity contribution in [1.29, 1.82) is 0 Å². The third-order valence-electron chi connectivity index (χ3n) is 2.07. The van der Waals surface area contributed by atoms with Crippen LogP contribution in [0.2, 0.25) is 0 Å². The van der Waals surface area contributed by atoms with Gasteiger partial charge in [0, 0.05) is 13.0 Å². The minimum absolute atomic E-state index is 0.0556. The maximum Gasteiger partial charge on any atom is 0.279 e. The van der Waals surface area contributed by atoms with E-state index in [0.29, 0.717) is 4.88 Å². The first kappa shape index (κ1) is 10.8. The zero-order valence-corrected chi connectivity index (χ0v) is 9.89. The molecule has 0 saturated carbocycles. The number of aryl methyl sites for hydroxylation is 1. The molecule has 2 rings (SSSR count). The van der Waals surface area contributed by atoms with Gasteiger partial charge in [-0.2, -0.15) is 0 Å². The Hall–Kier alpha value is -1.75. The summed E-state index contributed by atoms with van der Waals surface area (Å²) in [6.45, 7) is 3.39. The lowest BCUT2D eigenvalue weighted by Gasteiger charge is -1.91. The number of H-pyrrole nitrogens is 1. The Labute approximate surface area is 97.4 Å². The van der Waals surface area contributed by atoms with Crippen LogP contribution in [0.3, 0.4) is 0 Å². The molecule has 4 nitrogen and oxygen atoms in total. The van der Waals surface area contributed by atoms with Crippen molar-refractivity contribution in [2.45, 2.75) is 13.8 Å². The largest absolute Gasteiger partial charge is 0.294 e. The van der Waals surface area contributed by atoms with Gasteiger partial charge in [0.1, 0.15) is 0 Å². The molecule has 2 heterocycles. The fourth-order valence-electron chi connectivity index (χ4n) is 1.36. The highest BCUT2D eigenvalue weighted by Crippen LogP contribution is 2.24. The van der Waals surface area contributed by atoms with Crippen LogP contribution in [-0.2, 0) is 0 Å². The van der Waals surface area contributed by atoms with E-state index in [0.717, 1.165) is 16.6 Å². The minimum Gasteiger partial charge on any atom is -0.294 e. The molecule has 0 amide bonds. The lowest BCUT2D eigenvalue weighted by Crippen LogP contribution is -2.07. The Morgan fingerprint density at radius 3 is 2.88 bits per heavy atom. The number of hydrogen-bond donors (Lipinski definition) is 1. The van der Waals surface area contributed by atoms with Crippen molar-refractivity contribution in [1.82, 2.24) is 4.98 Å². The lowest BCUT2D eigenvalue weighted by molar-refractivity contribution is -0.360. The Kier molecular flexibility index (Phi) is 2.96. The van der Waals surface area contributed by atoms with E-state index in [1.165, 1.54) is 11.3 Å². The van der Waals surface area contributed by atoms with E-state index >= 15 is 0 Å². The van der Waals surface area contributed by atoms with Gasteiger partial charge < -0.3 is 0 Å². The van der Waals surface area contributed by atoms with Crippen molar-refractivity contribution < 1.29 is 9.78 Å². The number of carbonyl (C=O) groups is 1. The molecule has 0 aromatic carbocycles. The van der Waals surface area contributed by atoms with Gasteiger partial charge in [0.25, 0.3) is 10.9 Å². The predicted molar refractivity (Wildman–Crippen MR) is 63.1 cm³/mol. The maximum absolute atomic E-state index is 11.3. The molecule has 0 saturated heterocycles. The molecule has 0 unspecified atom stereocenters. The van der Waals surface area contributed by atoms with Crippen LogP contribution in [0.5, 0.6) is 0 Å². The number of carbonyl (C=O) groups excluding carboxylic acids is 1. The van der Waals surface area contributed by atoms with Gasteiger partial charge in [0.15, 0.2) is 5.78 Å². The lowest BCUT2D eigenvalue weighted by atomic mass is 10.3. The van der Waals surface area contributed by atoms with Crippen LogP contribution in [0.25, 0.3) is 0 Å². The molecular formula is C11H12N3OS+. The van der Waals surface area contributed by atoms with Crippen LogP contribution in [0.15, 0.2) is 24.4 Å². The van der Waals surface area contributed by atoms with Gasteiger partial charge in [0.05, 0.1) is 16.8 Å². The van der Waals surface area contributed by atoms with Crippen molar-refractivity contribution in [2.24, 2.45) is 0 Å². The number of hydrogen-bond acceptors (Lipinski definition) is 4. The summed E-state index contributed by atoms with van der Waals surface area (Å²) >= 11 is 1.37. The average Bonchev–Trinajstić information content (AvgIpc) is 2.61. The number of aromatic amines is 1. The number of nitrogens with one attached hydrogen (secondary N) is 2. The third kappa shape index (κ3) is 2.25. The average molecular weight is 234 g/mol. The summed E-state index contributed by atoms with van der Waals surface area (Å²) in [6.07, 6.45) is 1.83. The third-order valence-corrected chi connectivity index (χ3v) is 3.24. The summed E-state index contributed by atoms with van der Waals surface area (Å²) in [7, 11) is 0. The van der Waals surface area contributed by atoms with Crippen molar-refractivity contribution in [3.05, 3.63) is 35.0 Å². The molecule has 0 radical (unpaired) electrons. The quantitative estimate of drug-likeness (QED) is 0.828. The molecule has 0 aliphatic rings. The zero-order chi connectivity index (χ0) is 11.5. The number of anilines is 2. The van der Waals surface area contributed by atoms with Crippen LogP contribution in [-0.4, -0.2) is 10.8 Å². The number of thiazole rings is 1. The van der Waals surface area contributed by atoms with Crippen molar-refractivity contribution in [3.63, 3.8) is 0 Å². The highest BCUT2D eigenvalue weighted by Gasteiger charge is 2.14. The summed E-state index contributed by atoms with van der Waals surface area (Å²) in [4.78, 5) is 19.3. The molecule has 82 valence electrons. The van der Waals surface area contributed by atoms with Crippen LogP contribution in [0.1, 0.15) is 22.3 Å². The van der Waals surface area contributed by atoms with E-state index in [1.807, 2.05) is 31.3 Å².